The average Bonchev–Trinajstić information content (AvgIpc) is 2.46. The maximum atomic E-state index is 12.4. The van der Waals surface area contributed by atoms with Gasteiger partial charge in [-0.25, -0.2) is 0 Å². The Morgan fingerprint density at radius 2 is 1.60 bits per heavy atom. The second kappa shape index (κ2) is 6.18. The molecule has 4 nitrogen and oxygen atoms in total. The molecule has 0 aromatic heterocycles. The summed E-state index contributed by atoms with van der Waals surface area (Å²) < 4.78 is 0. The minimum atomic E-state index is -0.133. The number of piperazine rings is 1. The van der Waals surface area contributed by atoms with Crippen LogP contribution in [0.3, 0.4) is 0 Å². The van der Waals surface area contributed by atoms with Gasteiger partial charge in [-0.05, 0) is 13.8 Å². The zero-order valence-electron chi connectivity index (χ0n) is 12.4. The van der Waals surface area contributed by atoms with Crippen molar-refractivity contribution >= 4 is 11.7 Å². The van der Waals surface area contributed by atoms with Crippen molar-refractivity contribution in [2.75, 3.05) is 26.2 Å². The van der Waals surface area contributed by atoms with E-state index < -0.39 is 0 Å². The lowest BCUT2D eigenvalue weighted by atomic mass is 10.0. The topological polar surface area (TPSA) is 40.6 Å². The number of ketones is 1. The van der Waals surface area contributed by atoms with E-state index in [1.165, 1.54) is 0 Å². The van der Waals surface area contributed by atoms with Gasteiger partial charge in [-0.1, -0.05) is 29.8 Å². The molecular formula is C16H22N2O2. The van der Waals surface area contributed by atoms with Gasteiger partial charge in [-0.3, -0.25) is 14.5 Å². The van der Waals surface area contributed by atoms with E-state index in [4.69, 9.17) is 0 Å². The zero-order valence-corrected chi connectivity index (χ0v) is 12.4. The summed E-state index contributed by atoms with van der Waals surface area (Å²) in [5.74, 6) is 0.267. The summed E-state index contributed by atoms with van der Waals surface area (Å²) in [7, 11) is 0. The maximum Gasteiger partial charge on any atom is 0.219 e. The number of rotatable bonds is 3. The van der Waals surface area contributed by atoms with E-state index in [1.807, 2.05) is 43.0 Å². The summed E-state index contributed by atoms with van der Waals surface area (Å²) in [6.45, 7) is 8.50. The third-order valence-corrected chi connectivity index (χ3v) is 4.02. The number of hydrogen-bond acceptors (Lipinski definition) is 3. The normalized spacial score (nSPS) is 17.9. The van der Waals surface area contributed by atoms with Crippen LogP contribution in [0.5, 0.6) is 0 Å². The van der Waals surface area contributed by atoms with Crippen LogP contribution in [-0.2, 0) is 4.79 Å². The molecule has 20 heavy (non-hydrogen) atoms. The fraction of sp³-hybridized carbons (Fsp3) is 0.500. The van der Waals surface area contributed by atoms with Crippen LogP contribution in [0.25, 0.3) is 0 Å². The Labute approximate surface area is 120 Å². The maximum absolute atomic E-state index is 12.4. The van der Waals surface area contributed by atoms with E-state index >= 15 is 0 Å². The first kappa shape index (κ1) is 14.7. The molecule has 1 amide bonds. The van der Waals surface area contributed by atoms with Crippen LogP contribution in [0, 0.1) is 6.92 Å². The summed E-state index contributed by atoms with van der Waals surface area (Å²) in [4.78, 5) is 27.7. The highest BCUT2D eigenvalue weighted by atomic mass is 16.2. The van der Waals surface area contributed by atoms with E-state index in [1.54, 1.807) is 6.92 Å². The van der Waals surface area contributed by atoms with Crippen LogP contribution in [0.4, 0.5) is 0 Å². The van der Waals surface area contributed by atoms with Crippen LogP contribution in [-0.4, -0.2) is 53.7 Å². The molecule has 0 radical (unpaired) electrons. The molecule has 2 rings (SSSR count). The fourth-order valence-corrected chi connectivity index (χ4v) is 2.55. The summed E-state index contributed by atoms with van der Waals surface area (Å²) in [5.41, 5.74) is 1.92. The minimum Gasteiger partial charge on any atom is -0.340 e. The molecule has 4 heteroatoms. The number of amides is 1. The summed E-state index contributed by atoms with van der Waals surface area (Å²) in [5, 5.41) is 0. The highest BCUT2D eigenvalue weighted by molar-refractivity contribution is 5.99. The van der Waals surface area contributed by atoms with Crippen molar-refractivity contribution in [3.05, 3.63) is 35.4 Å². The molecule has 1 unspecified atom stereocenters. The average molecular weight is 274 g/mol. The van der Waals surface area contributed by atoms with Gasteiger partial charge in [0, 0.05) is 38.7 Å². The molecule has 1 aliphatic heterocycles. The van der Waals surface area contributed by atoms with E-state index in [-0.39, 0.29) is 17.7 Å². The summed E-state index contributed by atoms with van der Waals surface area (Å²) in [6.07, 6.45) is 0. The van der Waals surface area contributed by atoms with Gasteiger partial charge in [0.2, 0.25) is 5.91 Å². The Morgan fingerprint density at radius 3 is 2.10 bits per heavy atom. The number of carbonyl (C=O) groups excluding carboxylic acids is 2. The molecule has 1 fully saturated rings. The molecule has 0 aliphatic carbocycles. The Balaban J connectivity index is 1.98. The second-order valence-electron chi connectivity index (χ2n) is 5.45. The van der Waals surface area contributed by atoms with Gasteiger partial charge in [-0.2, -0.15) is 0 Å². The molecule has 1 heterocycles. The van der Waals surface area contributed by atoms with Crippen molar-refractivity contribution in [3.8, 4) is 0 Å². The predicted octanol–water partition coefficient (Wildman–Crippen LogP) is 1.73. The van der Waals surface area contributed by atoms with E-state index in [2.05, 4.69) is 4.90 Å². The Hall–Kier alpha value is -1.68. The Morgan fingerprint density at radius 1 is 1.05 bits per heavy atom. The smallest absolute Gasteiger partial charge is 0.219 e. The number of aryl methyl sites for hydroxylation is 1. The largest absolute Gasteiger partial charge is 0.340 e. The molecule has 1 aromatic carbocycles. The SMILES string of the molecule is CC(=O)N1CCN(C(C)C(=O)c2ccc(C)cc2)CC1. The molecule has 0 N–H and O–H groups in total. The van der Waals surface area contributed by atoms with Crippen LogP contribution >= 0.6 is 0 Å². The van der Waals surface area contributed by atoms with Crippen molar-refractivity contribution < 1.29 is 9.59 Å². The third-order valence-electron chi connectivity index (χ3n) is 4.02. The van der Waals surface area contributed by atoms with Crippen molar-refractivity contribution in [2.45, 2.75) is 26.8 Å². The van der Waals surface area contributed by atoms with E-state index in [9.17, 15) is 9.59 Å². The quantitative estimate of drug-likeness (QED) is 0.788. The van der Waals surface area contributed by atoms with Gasteiger partial charge in [0.15, 0.2) is 5.78 Å². The number of Topliss-reactive ketones (excluding diaryl/α,β-unsaturated/α-hetero) is 1. The molecule has 0 saturated carbocycles. The molecule has 0 spiro atoms. The first-order valence-electron chi connectivity index (χ1n) is 7.09. The molecule has 1 saturated heterocycles. The molecular weight excluding hydrogens is 252 g/mol. The highest BCUT2D eigenvalue weighted by Crippen LogP contribution is 2.13. The zero-order chi connectivity index (χ0) is 14.7. The lowest BCUT2D eigenvalue weighted by molar-refractivity contribution is -0.130. The van der Waals surface area contributed by atoms with Gasteiger partial charge in [0.1, 0.15) is 0 Å². The van der Waals surface area contributed by atoms with Crippen LogP contribution in [0.2, 0.25) is 0 Å². The van der Waals surface area contributed by atoms with Crippen molar-refractivity contribution in [1.29, 1.82) is 0 Å². The third kappa shape index (κ3) is 3.25. The highest BCUT2D eigenvalue weighted by Gasteiger charge is 2.26. The number of hydrogen-bond donors (Lipinski definition) is 0. The van der Waals surface area contributed by atoms with Crippen LogP contribution in [0.15, 0.2) is 24.3 Å². The van der Waals surface area contributed by atoms with Crippen molar-refractivity contribution in [3.63, 3.8) is 0 Å². The van der Waals surface area contributed by atoms with Gasteiger partial charge in [0.05, 0.1) is 6.04 Å². The number of nitrogens with zero attached hydrogens (tertiary/aromatic N) is 2. The number of carbonyl (C=O) groups is 2. The fourth-order valence-electron chi connectivity index (χ4n) is 2.55. The van der Waals surface area contributed by atoms with E-state index in [0.717, 1.165) is 24.2 Å². The first-order chi connectivity index (χ1) is 9.49. The molecule has 0 bridgehead atoms. The Kier molecular flexibility index (Phi) is 4.55. The van der Waals surface area contributed by atoms with Crippen LogP contribution in [0.1, 0.15) is 29.8 Å². The Bertz CT molecular complexity index is 488. The molecule has 108 valence electrons. The molecule has 1 atom stereocenters. The summed E-state index contributed by atoms with van der Waals surface area (Å²) >= 11 is 0. The first-order valence-corrected chi connectivity index (χ1v) is 7.09. The summed E-state index contributed by atoms with van der Waals surface area (Å²) in [6, 6.07) is 7.58. The van der Waals surface area contributed by atoms with Gasteiger partial charge < -0.3 is 4.90 Å². The molecule has 1 aromatic rings. The second-order valence-corrected chi connectivity index (χ2v) is 5.45. The minimum absolute atomic E-state index is 0.113. The standard InChI is InChI=1S/C16H22N2O2/c1-12-4-6-15(7-5-12)16(20)13(2)17-8-10-18(11-9-17)14(3)19/h4-7,13H,8-11H2,1-3H3. The van der Waals surface area contributed by atoms with Crippen molar-refractivity contribution in [1.82, 2.24) is 9.80 Å². The van der Waals surface area contributed by atoms with Crippen molar-refractivity contribution in [2.24, 2.45) is 0 Å². The van der Waals surface area contributed by atoms with Gasteiger partial charge in [-0.15, -0.1) is 0 Å². The molecule has 1 aliphatic rings. The lowest BCUT2D eigenvalue weighted by Gasteiger charge is -2.37. The van der Waals surface area contributed by atoms with Crippen LogP contribution < -0.4 is 0 Å². The number of benzene rings is 1. The predicted molar refractivity (Wildman–Crippen MR) is 78.8 cm³/mol. The monoisotopic (exact) mass is 274 g/mol. The van der Waals surface area contributed by atoms with E-state index in [0.29, 0.717) is 13.1 Å². The van der Waals surface area contributed by atoms with Gasteiger partial charge in [0.25, 0.3) is 0 Å². The lowest BCUT2D eigenvalue weighted by Crippen LogP contribution is -2.52. The van der Waals surface area contributed by atoms with Gasteiger partial charge >= 0.3 is 0 Å².